The topological polar surface area (TPSA) is 20.3 Å². The lowest BCUT2D eigenvalue weighted by molar-refractivity contribution is -0.131. The molecule has 21 heavy (non-hydrogen) atoms. The Labute approximate surface area is 125 Å². The summed E-state index contributed by atoms with van der Waals surface area (Å²) in [5, 5.41) is 0. The number of ketones is 1. The standard InChI is InChI=1S/C17H23F2NO/c1-12-7-9-17(10-8-12,20(2)3)16(21)11-13-14(18)5-4-6-15(13)19/h4-6,12H,7-11H2,1-3H3. The summed E-state index contributed by atoms with van der Waals surface area (Å²) in [7, 11) is 3.76. The molecule has 0 radical (unpaired) electrons. The van der Waals surface area contributed by atoms with Gasteiger partial charge in [-0.25, -0.2) is 8.78 Å². The number of Topliss-reactive ketones (excluding diaryl/α,β-unsaturated/α-hetero) is 1. The molecule has 0 aromatic heterocycles. The predicted molar refractivity (Wildman–Crippen MR) is 79.1 cm³/mol. The van der Waals surface area contributed by atoms with Crippen LogP contribution in [0, 0.1) is 17.6 Å². The van der Waals surface area contributed by atoms with Crippen LogP contribution >= 0.6 is 0 Å². The van der Waals surface area contributed by atoms with Crippen molar-refractivity contribution in [2.75, 3.05) is 14.1 Å². The first-order chi connectivity index (χ1) is 9.86. The molecule has 1 aliphatic rings. The third kappa shape index (κ3) is 3.15. The van der Waals surface area contributed by atoms with Crippen LogP contribution in [0.25, 0.3) is 0 Å². The summed E-state index contributed by atoms with van der Waals surface area (Å²) in [6.45, 7) is 2.18. The van der Waals surface area contributed by atoms with Gasteiger partial charge < -0.3 is 0 Å². The molecule has 0 bridgehead atoms. The van der Waals surface area contributed by atoms with Gasteiger partial charge in [-0.05, 0) is 57.8 Å². The number of rotatable bonds is 4. The first-order valence-corrected chi connectivity index (χ1v) is 7.50. The summed E-state index contributed by atoms with van der Waals surface area (Å²) in [5.74, 6) is -0.748. The molecule has 116 valence electrons. The fourth-order valence-electron chi connectivity index (χ4n) is 3.24. The fraction of sp³-hybridized carbons (Fsp3) is 0.588. The quantitative estimate of drug-likeness (QED) is 0.846. The van der Waals surface area contributed by atoms with Gasteiger partial charge in [0.15, 0.2) is 5.78 Å². The molecule has 2 nitrogen and oxygen atoms in total. The van der Waals surface area contributed by atoms with E-state index in [1.165, 1.54) is 18.2 Å². The van der Waals surface area contributed by atoms with E-state index in [1.807, 2.05) is 19.0 Å². The van der Waals surface area contributed by atoms with Crippen molar-refractivity contribution in [1.82, 2.24) is 4.90 Å². The Morgan fingerprint density at radius 1 is 1.24 bits per heavy atom. The van der Waals surface area contributed by atoms with Crippen LogP contribution in [-0.4, -0.2) is 30.3 Å². The molecule has 0 unspecified atom stereocenters. The molecule has 2 rings (SSSR count). The fourth-order valence-corrected chi connectivity index (χ4v) is 3.24. The number of carbonyl (C=O) groups excluding carboxylic acids is 1. The maximum Gasteiger partial charge on any atom is 0.157 e. The van der Waals surface area contributed by atoms with Gasteiger partial charge in [0.05, 0.1) is 5.54 Å². The zero-order valence-electron chi connectivity index (χ0n) is 13.0. The van der Waals surface area contributed by atoms with Crippen LogP contribution in [0.2, 0.25) is 0 Å². The molecular weight excluding hydrogens is 272 g/mol. The van der Waals surface area contributed by atoms with Crippen LogP contribution in [-0.2, 0) is 11.2 Å². The van der Waals surface area contributed by atoms with E-state index in [1.54, 1.807) is 0 Å². The van der Waals surface area contributed by atoms with E-state index in [0.717, 1.165) is 25.7 Å². The second-order valence-corrected chi connectivity index (χ2v) is 6.41. The Morgan fingerprint density at radius 2 is 1.76 bits per heavy atom. The summed E-state index contributed by atoms with van der Waals surface area (Å²) < 4.78 is 27.5. The largest absolute Gasteiger partial charge is 0.297 e. The first-order valence-electron chi connectivity index (χ1n) is 7.50. The van der Waals surface area contributed by atoms with Crippen LogP contribution in [0.1, 0.15) is 38.2 Å². The Bertz CT molecular complexity index is 499. The molecule has 1 aromatic carbocycles. The number of halogens is 2. The number of likely N-dealkylation sites (N-methyl/N-ethyl adjacent to an activating group) is 1. The number of hydrogen-bond acceptors (Lipinski definition) is 2. The van der Waals surface area contributed by atoms with Crippen molar-refractivity contribution < 1.29 is 13.6 Å². The van der Waals surface area contributed by atoms with Crippen LogP contribution < -0.4 is 0 Å². The molecule has 0 atom stereocenters. The summed E-state index contributed by atoms with van der Waals surface area (Å²) in [5.41, 5.74) is -0.691. The van der Waals surface area contributed by atoms with Crippen molar-refractivity contribution in [3.63, 3.8) is 0 Å². The third-order valence-corrected chi connectivity index (χ3v) is 4.88. The van der Waals surface area contributed by atoms with E-state index in [0.29, 0.717) is 5.92 Å². The van der Waals surface area contributed by atoms with Crippen LogP contribution in [0.15, 0.2) is 18.2 Å². The van der Waals surface area contributed by atoms with Crippen LogP contribution in [0.5, 0.6) is 0 Å². The third-order valence-electron chi connectivity index (χ3n) is 4.88. The van der Waals surface area contributed by atoms with Crippen molar-refractivity contribution >= 4 is 5.78 Å². The summed E-state index contributed by atoms with van der Waals surface area (Å²) in [6, 6.07) is 3.73. The van der Waals surface area contributed by atoms with E-state index in [4.69, 9.17) is 0 Å². The lowest BCUT2D eigenvalue weighted by atomic mass is 9.72. The van der Waals surface area contributed by atoms with Gasteiger partial charge in [-0.3, -0.25) is 9.69 Å². The van der Waals surface area contributed by atoms with Crippen molar-refractivity contribution in [2.24, 2.45) is 5.92 Å². The highest BCUT2D eigenvalue weighted by Gasteiger charge is 2.42. The van der Waals surface area contributed by atoms with Gasteiger partial charge in [0.25, 0.3) is 0 Å². The van der Waals surface area contributed by atoms with Crippen molar-refractivity contribution in [3.05, 3.63) is 35.4 Å². The van der Waals surface area contributed by atoms with Crippen LogP contribution in [0.4, 0.5) is 8.78 Å². The van der Waals surface area contributed by atoms with Crippen molar-refractivity contribution in [3.8, 4) is 0 Å². The van der Waals surface area contributed by atoms with Gasteiger partial charge in [0.2, 0.25) is 0 Å². The first kappa shape index (κ1) is 16.1. The Balaban J connectivity index is 2.24. The number of nitrogens with zero attached hydrogens (tertiary/aromatic N) is 1. The number of benzene rings is 1. The van der Waals surface area contributed by atoms with Crippen LogP contribution in [0.3, 0.4) is 0 Å². The van der Waals surface area contributed by atoms with E-state index in [9.17, 15) is 13.6 Å². The maximum atomic E-state index is 13.8. The monoisotopic (exact) mass is 295 g/mol. The highest BCUT2D eigenvalue weighted by atomic mass is 19.1. The minimum absolute atomic E-state index is 0.0802. The maximum absolute atomic E-state index is 13.8. The molecule has 1 fully saturated rings. The minimum atomic E-state index is -0.638. The van der Waals surface area contributed by atoms with Crippen molar-refractivity contribution in [1.29, 1.82) is 0 Å². The highest BCUT2D eigenvalue weighted by Crippen LogP contribution is 2.37. The molecule has 1 aromatic rings. The molecule has 0 heterocycles. The lowest BCUT2D eigenvalue weighted by Crippen LogP contribution is -2.53. The smallest absolute Gasteiger partial charge is 0.157 e. The highest BCUT2D eigenvalue weighted by molar-refractivity contribution is 5.90. The van der Waals surface area contributed by atoms with Crippen molar-refractivity contribution in [2.45, 2.75) is 44.6 Å². The molecule has 0 amide bonds. The predicted octanol–water partition coefficient (Wildman–Crippen LogP) is 3.59. The van der Waals surface area contributed by atoms with Gasteiger partial charge in [-0.2, -0.15) is 0 Å². The van der Waals surface area contributed by atoms with E-state index >= 15 is 0 Å². The Morgan fingerprint density at radius 3 is 2.24 bits per heavy atom. The molecule has 0 aliphatic heterocycles. The second kappa shape index (κ2) is 6.22. The average Bonchev–Trinajstić information content (AvgIpc) is 2.43. The molecule has 0 saturated heterocycles. The normalized spacial score (nSPS) is 26.1. The number of hydrogen-bond donors (Lipinski definition) is 0. The summed E-state index contributed by atoms with van der Waals surface area (Å²) in [4.78, 5) is 14.7. The molecular formula is C17H23F2NO. The molecule has 1 aliphatic carbocycles. The average molecular weight is 295 g/mol. The Kier molecular flexibility index (Phi) is 4.77. The molecule has 0 spiro atoms. The van der Waals surface area contributed by atoms with Gasteiger partial charge in [-0.1, -0.05) is 13.0 Å². The summed E-state index contributed by atoms with van der Waals surface area (Å²) in [6.07, 6.45) is 3.30. The molecule has 0 N–H and O–H groups in total. The van der Waals surface area contributed by atoms with Gasteiger partial charge in [0.1, 0.15) is 11.6 Å². The zero-order valence-corrected chi connectivity index (χ0v) is 13.0. The lowest BCUT2D eigenvalue weighted by Gasteiger charge is -2.43. The molecule has 1 saturated carbocycles. The SMILES string of the molecule is CC1CCC(C(=O)Cc2c(F)cccc2F)(N(C)C)CC1. The van der Waals surface area contributed by atoms with Gasteiger partial charge in [0, 0.05) is 12.0 Å². The van der Waals surface area contributed by atoms with Gasteiger partial charge >= 0.3 is 0 Å². The summed E-state index contributed by atoms with van der Waals surface area (Å²) >= 11 is 0. The van der Waals surface area contributed by atoms with Gasteiger partial charge in [-0.15, -0.1) is 0 Å². The molecule has 4 heteroatoms. The number of carbonyl (C=O) groups is 1. The second-order valence-electron chi connectivity index (χ2n) is 6.41. The zero-order chi connectivity index (χ0) is 15.6. The van der Waals surface area contributed by atoms with E-state index in [-0.39, 0.29) is 17.8 Å². The van der Waals surface area contributed by atoms with E-state index < -0.39 is 17.2 Å². The Hall–Kier alpha value is -1.29. The van der Waals surface area contributed by atoms with E-state index in [2.05, 4.69) is 6.92 Å². The minimum Gasteiger partial charge on any atom is -0.297 e.